The number of benzene rings is 2. The van der Waals surface area contributed by atoms with E-state index in [0.717, 1.165) is 6.42 Å². The molecule has 1 aliphatic rings. The Balaban J connectivity index is 1.75. The van der Waals surface area contributed by atoms with Gasteiger partial charge in [-0.3, -0.25) is 4.79 Å². The van der Waals surface area contributed by atoms with Gasteiger partial charge in [-0.05, 0) is 42.0 Å². The number of halogens is 2. The summed E-state index contributed by atoms with van der Waals surface area (Å²) < 4.78 is 16.0. The molecule has 0 radical (unpaired) electrons. The van der Waals surface area contributed by atoms with Crippen molar-refractivity contribution in [2.45, 2.75) is 6.42 Å². The molecule has 1 aliphatic heterocycles. The van der Waals surface area contributed by atoms with Crippen molar-refractivity contribution in [3.05, 3.63) is 62.7 Å². The lowest BCUT2D eigenvalue weighted by molar-refractivity contribution is 0.0601. The summed E-state index contributed by atoms with van der Waals surface area (Å²) in [7, 11) is 1.28. The number of carbonyl (C=O) groups is 1. The van der Waals surface area contributed by atoms with Gasteiger partial charge in [0, 0.05) is 6.42 Å². The Kier molecular flexibility index (Phi) is 5.65. The highest BCUT2D eigenvalue weighted by atomic mass is 35.5. The fraction of sp³-hybridized carbons (Fsp3) is 0.190. The van der Waals surface area contributed by atoms with Crippen LogP contribution in [-0.4, -0.2) is 36.3 Å². The van der Waals surface area contributed by atoms with Crippen LogP contribution in [0.1, 0.15) is 28.2 Å². The zero-order valence-electron chi connectivity index (χ0n) is 15.8. The highest BCUT2D eigenvalue weighted by Crippen LogP contribution is 2.39. The molecule has 30 heavy (non-hydrogen) atoms. The normalized spacial score (nSPS) is 13.8. The van der Waals surface area contributed by atoms with Crippen LogP contribution in [0.15, 0.2) is 35.1 Å². The maximum Gasteiger partial charge on any atom is 0.337 e. The lowest BCUT2D eigenvalue weighted by atomic mass is 10.1. The van der Waals surface area contributed by atoms with Crippen molar-refractivity contribution in [1.82, 2.24) is 9.97 Å². The lowest BCUT2D eigenvalue weighted by Crippen LogP contribution is -2.11. The fourth-order valence-corrected chi connectivity index (χ4v) is 3.54. The van der Waals surface area contributed by atoms with Gasteiger partial charge in [0.15, 0.2) is 17.3 Å². The van der Waals surface area contributed by atoms with E-state index in [9.17, 15) is 9.59 Å². The Morgan fingerprint density at radius 2 is 2.03 bits per heavy atom. The third kappa shape index (κ3) is 3.99. The number of hydrogen-bond donors (Lipinski definition) is 1. The van der Waals surface area contributed by atoms with Gasteiger partial charge in [0.1, 0.15) is 0 Å². The first-order chi connectivity index (χ1) is 14.5. The molecule has 0 spiro atoms. The molecule has 0 unspecified atom stereocenters. The Morgan fingerprint density at radius 3 is 2.83 bits per heavy atom. The number of nitrogens with zero attached hydrogens (tertiary/aromatic N) is 1. The van der Waals surface area contributed by atoms with Crippen LogP contribution >= 0.6 is 23.2 Å². The summed E-state index contributed by atoms with van der Waals surface area (Å²) in [5.74, 6) is 0.650. The summed E-state index contributed by atoms with van der Waals surface area (Å²) in [5, 5.41) is 0.908. The molecule has 4 rings (SSSR count). The molecule has 1 aromatic heterocycles. The largest absolute Gasteiger partial charge is 0.489 e. The van der Waals surface area contributed by atoms with Crippen molar-refractivity contribution < 1.29 is 19.0 Å². The van der Waals surface area contributed by atoms with Crippen LogP contribution in [0.5, 0.6) is 11.5 Å². The third-order valence-corrected chi connectivity index (χ3v) is 5.04. The molecule has 0 amide bonds. The van der Waals surface area contributed by atoms with Crippen LogP contribution in [-0.2, 0) is 4.74 Å². The third-order valence-electron chi connectivity index (χ3n) is 4.47. The molecule has 0 fully saturated rings. The molecular formula is C21H16Cl2N2O5. The van der Waals surface area contributed by atoms with Gasteiger partial charge in [-0.2, -0.15) is 0 Å². The van der Waals surface area contributed by atoms with Crippen LogP contribution in [0.25, 0.3) is 22.0 Å². The molecule has 0 aliphatic carbocycles. The van der Waals surface area contributed by atoms with Crippen molar-refractivity contribution in [2.24, 2.45) is 0 Å². The minimum Gasteiger partial charge on any atom is -0.489 e. The zero-order valence-corrected chi connectivity index (χ0v) is 17.3. The van der Waals surface area contributed by atoms with E-state index in [-0.39, 0.29) is 22.0 Å². The fourth-order valence-electron chi connectivity index (χ4n) is 3.05. The van der Waals surface area contributed by atoms with Crippen molar-refractivity contribution in [3.8, 4) is 11.5 Å². The second kappa shape index (κ2) is 8.38. The molecule has 7 nitrogen and oxygen atoms in total. The average Bonchev–Trinajstić information content (AvgIpc) is 2.98. The number of aromatic amines is 1. The van der Waals surface area contributed by atoms with Gasteiger partial charge in [-0.1, -0.05) is 23.2 Å². The van der Waals surface area contributed by atoms with Crippen molar-refractivity contribution >= 4 is 51.2 Å². The number of ether oxygens (including phenoxy) is 3. The molecule has 0 saturated heterocycles. The summed E-state index contributed by atoms with van der Waals surface area (Å²) in [6.45, 7) is 1.05. The number of H-pyrrole nitrogens is 1. The first-order valence-electron chi connectivity index (χ1n) is 9.05. The van der Waals surface area contributed by atoms with E-state index in [1.165, 1.54) is 25.3 Å². The number of hydrogen-bond acceptors (Lipinski definition) is 6. The summed E-state index contributed by atoms with van der Waals surface area (Å²) in [6, 6.07) is 7.93. The second-order valence-corrected chi connectivity index (χ2v) is 7.33. The number of aromatic nitrogens is 2. The molecule has 3 aromatic rings. The highest BCUT2D eigenvalue weighted by molar-refractivity contribution is 6.50. The van der Waals surface area contributed by atoms with Crippen LogP contribution < -0.4 is 15.0 Å². The molecule has 2 aromatic carbocycles. The standard InChI is InChI=1S/C21H16Cl2N2O5/c1-28-21(27)12-3-4-13-16(10-12)24-19(25-20(13)26)15(23)8-11-7-14(22)18-17(9-11)29-5-2-6-30-18/h3-4,7-10H,2,5-6H2,1H3,(H,24,25,26). The zero-order chi connectivity index (χ0) is 21.3. The number of fused-ring (bicyclic) bond motifs is 2. The van der Waals surface area contributed by atoms with Crippen LogP contribution in [0, 0.1) is 0 Å². The molecular weight excluding hydrogens is 431 g/mol. The molecule has 1 N–H and O–H groups in total. The van der Waals surface area contributed by atoms with Crippen molar-refractivity contribution in [3.63, 3.8) is 0 Å². The SMILES string of the molecule is COC(=O)c1ccc2c(=O)[nH]c(C(Cl)=Cc3cc(Cl)c4c(c3)OCCCO4)nc2c1. The second-order valence-electron chi connectivity index (χ2n) is 6.51. The first kappa shape index (κ1) is 20.3. The number of nitrogens with one attached hydrogen (secondary N) is 1. The smallest absolute Gasteiger partial charge is 0.337 e. The predicted octanol–water partition coefficient (Wildman–Crippen LogP) is 4.26. The van der Waals surface area contributed by atoms with Gasteiger partial charge in [-0.15, -0.1) is 0 Å². The summed E-state index contributed by atoms with van der Waals surface area (Å²) in [5.41, 5.74) is 0.874. The average molecular weight is 447 g/mol. The van der Waals surface area contributed by atoms with E-state index >= 15 is 0 Å². The quantitative estimate of drug-likeness (QED) is 0.604. The van der Waals surface area contributed by atoms with Crippen molar-refractivity contribution in [2.75, 3.05) is 20.3 Å². The molecule has 9 heteroatoms. The van der Waals surface area contributed by atoms with Crippen LogP contribution in [0.2, 0.25) is 5.02 Å². The highest BCUT2D eigenvalue weighted by Gasteiger charge is 2.16. The van der Waals surface area contributed by atoms with E-state index < -0.39 is 5.97 Å². The van der Waals surface area contributed by atoms with Crippen LogP contribution in [0.3, 0.4) is 0 Å². The van der Waals surface area contributed by atoms with Gasteiger partial charge in [-0.25, -0.2) is 9.78 Å². The minimum atomic E-state index is -0.524. The van der Waals surface area contributed by atoms with Crippen molar-refractivity contribution in [1.29, 1.82) is 0 Å². The van der Waals surface area contributed by atoms with Gasteiger partial charge in [0.05, 0.1) is 46.8 Å². The molecule has 0 saturated carbocycles. The van der Waals surface area contributed by atoms with E-state index in [1.54, 1.807) is 18.2 Å². The van der Waals surface area contributed by atoms with E-state index in [4.69, 9.17) is 37.4 Å². The minimum absolute atomic E-state index is 0.152. The molecule has 154 valence electrons. The topological polar surface area (TPSA) is 90.5 Å². The Morgan fingerprint density at radius 1 is 1.23 bits per heavy atom. The lowest BCUT2D eigenvalue weighted by Gasteiger charge is -2.10. The number of carbonyl (C=O) groups excluding carboxylic acids is 1. The summed E-state index contributed by atoms with van der Waals surface area (Å²) in [6.07, 6.45) is 2.36. The van der Waals surface area contributed by atoms with E-state index in [2.05, 4.69) is 9.97 Å². The number of methoxy groups -OCH3 is 1. The Labute approximate surface area is 181 Å². The van der Waals surface area contributed by atoms with Crippen LogP contribution in [0.4, 0.5) is 0 Å². The monoisotopic (exact) mass is 446 g/mol. The van der Waals surface area contributed by atoms with Gasteiger partial charge in [0.2, 0.25) is 0 Å². The number of rotatable bonds is 3. The summed E-state index contributed by atoms with van der Waals surface area (Å²) >= 11 is 12.8. The maximum absolute atomic E-state index is 12.4. The van der Waals surface area contributed by atoms with Gasteiger partial charge >= 0.3 is 5.97 Å². The summed E-state index contributed by atoms with van der Waals surface area (Å²) in [4.78, 5) is 31.2. The first-order valence-corrected chi connectivity index (χ1v) is 9.81. The van der Waals surface area contributed by atoms with Gasteiger partial charge < -0.3 is 19.2 Å². The number of esters is 1. The molecule has 0 atom stereocenters. The maximum atomic E-state index is 12.4. The molecule has 2 heterocycles. The Hall–Kier alpha value is -3.03. The van der Waals surface area contributed by atoms with E-state index in [1.807, 2.05) is 0 Å². The Bertz CT molecular complexity index is 1240. The van der Waals surface area contributed by atoms with Gasteiger partial charge in [0.25, 0.3) is 5.56 Å². The molecule has 0 bridgehead atoms. The predicted molar refractivity (Wildman–Crippen MR) is 114 cm³/mol. The van der Waals surface area contributed by atoms with E-state index in [0.29, 0.717) is 46.2 Å².